The van der Waals surface area contributed by atoms with Crippen LogP contribution < -0.4 is 4.74 Å². The van der Waals surface area contributed by atoms with E-state index < -0.39 is 11.6 Å². The van der Waals surface area contributed by atoms with Gasteiger partial charge in [-0.3, -0.25) is 9.59 Å². The van der Waals surface area contributed by atoms with E-state index in [4.69, 9.17) is 4.74 Å². The van der Waals surface area contributed by atoms with Gasteiger partial charge < -0.3 is 4.74 Å². The van der Waals surface area contributed by atoms with Gasteiger partial charge in [-0.05, 0) is 35.1 Å². The van der Waals surface area contributed by atoms with Crippen LogP contribution in [0.4, 0.5) is 0 Å². The van der Waals surface area contributed by atoms with Crippen molar-refractivity contribution in [2.45, 2.75) is 40.5 Å². The van der Waals surface area contributed by atoms with Crippen LogP contribution in [0.15, 0.2) is 47.7 Å². The minimum Gasteiger partial charge on any atom is -0.457 e. The number of ether oxygens (including phenoxy) is 1. The maximum Gasteiger partial charge on any atom is 0.229 e. The van der Waals surface area contributed by atoms with Crippen LogP contribution in [0.25, 0.3) is 0 Å². The molecule has 0 aromatic heterocycles. The molecular formula is C19H22O3. The molecule has 0 atom stereocenters. The van der Waals surface area contributed by atoms with Gasteiger partial charge in [0.15, 0.2) is 0 Å². The molecule has 0 saturated carbocycles. The fourth-order valence-electron chi connectivity index (χ4n) is 2.28. The van der Waals surface area contributed by atoms with E-state index in [1.807, 2.05) is 45.0 Å². The molecule has 0 unspecified atom stereocenters. The molecule has 1 aliphatic rings. The van der Waals surface area contributed by atoms with Crippen LogP contribution in [0.5, 0.6) is 5.75 Å². The topological polar surface area (TPSA) is 43.4 Å². The third-order valence-corrected chi connectivity index (χ3v) is 3.61. The number of allylic oxidation sites excluding steroid dienone is 3. The molecule has 0 saturated heterocycles. The van der Waals surface area contributed by atoms with Crippen LogP contribution in [-0.4, -0.2) is 11.6 Å². The zero-order chi connectivity index (χ0) is 16.5. The Morgan fingerprint density at radius 1 is 1.00 bits per heavy atom. The Balaban J connectivity index is 2.36. The molecule has 1 aliphatic carbocycles. The van der Waals surface area contributed by atoms with E-state index in [2.05, 4.69) is 13.8 Å². The van der Waals surface area contributed by atoms with E-state index in [0.717, 1.165) is 11.1 Å². The SMILES string of the molecule is CC(C)c1cccc(OC2=CC(=O)C(=O)C=C2C(C)(C)C)c1. The lowest BCUT2D eigenvalue weighted by Gasteiger charge is -2.27. The molecule has 0 aliphatic heterocycles. The minimum atomic E-state index is -0.539. The summed E-state index contributed by atoms with van der Waals surface area (Å²) in [5, 5.41) is 0. The fraction of sp³-hybridized carbons (Fsp3) is 0.368. The van der Waals surface area contributed by atoms with Crippen LogP contribution in [0.2, 0.25) is 0 Å². The Kier molecular flexibility index (Phi) is 4.36. The molecule has 3 nitrogen and oxygen atoms in total. The first-order chi connectivity index (χ1) is 10.2. The van der Waals surface area contributed by atoms with Gasteiger partial charge in [0.25, 0.3) is 0 Å². The number of rotatable bonds is 3. The van der Waals surface area contributed by atoms with Crippen molar-refractivity contribution in [2.24, 2.45) is 5.41 Å². The van der Waals surface area contributed by atoms with Gasteiger partial charge in [-0.2, -0.15) is 0 Å². The van der Waals surface area contributed by atoms with Gasteiger partial charge in [0.1, 0.15) is 11.5 Å². The number of ketones is 2. The van der Waals surface area contributed by atoms with Crippen molar-refractivity contribution >= 4 is 11.6 Å². The van der Waals surface area contributed by atoms with Gasteiger partial charge in [0.2, 0.25) is 11.6 Å². The highest BCUT2D eigenvalue weighted by Gasteiger charge is 2.29. The molecule has 0 spiro atoms. The lowest BCUT2D eigenvalue weighted by Crippen LogP contribution is -2.24. The van der Waals surface area contributed by atoms with Gasteiger partial charge in [0, 0.05) is 11.6 Å². The quantitative estimate of drug-likeness (QED) is 0.620. The third-order valence-electron chi connectivity index (χ3n) is 3.61. The van der Waals surface area contributed by atoms with E-state index in [0.29, 0.717) is 17.4 Å². The highest BCUT2D eigenvalue weighted by molar-refractivity contribution is 6.46. The van der Waals surface area contributed by atoms with Crippen molar-refractivity contribution < 1.29 is 14.3 Å². The van der Waals surface area contributed by atoms with Gasteiger partial charge in [-0.1, -0.05) is 46.8 Å². The molecule has 0 amide bonds. The smallest absolute Gasteiger partial charge is 0.229 e. The Hall–Kier alpha value is -2.16. The van der Waals surface area contributed by atoms with Crippen molar-refractivity contribution in [2.75, 3.05) is 0 Å². The summed E-state index contributed by atoms with van der Waals surface area (Å²) in [7, 11) is 0. The average Bonchev–Trinajstić information content (AvgIpc) is 2.41. The number of hydrogen-bond donors (Lipinski definition) is 0. The average molecular weight is 298 g/mol. The second-order valence-electron chi connectivity index (χ2n) is 6.87. The summed E-state index contributed by atoms with van der Waals surface area (Å²) in [6.07, 6.45) is 2.69. The summed E-state index contributed by atoms with van der Waals surface area (Å²) in [6, 6.07) is 7.80. The third kappa shape index (κ3) is 3.53. The van der Waals surface area contributed by atoms with Gasteiger partial charge in [-0.15, -0.1) is 0 Å². The molecule has 116 valence electrons. The molecule has 0 fully saturated rings. The van der Waals surface area contributed by atoms with Crippen molar-refractivity contribution in [3.63, 3.8) is 0 Å². The number of benzene rings is 1. The van der Waals surface area contributed by atoms with E-state index in [1.165, 1.54) is 12.2 Å². The minimum absolute atomic E-state index is 0.280. The fourth-order valence-corrected chi connectivity index (χ4v) is 2.28. The first-order valence-electron chi connectivity index (χ1n) is 7.49. The molecule has 0 heterocycles. The lowest BCUT2D eigenvalue weighted by molar-refractivity contribution is -0.131. The molecule has 0 N–H and O–H groups in total. The molecule has 1 aromatic rings. The Bertz CT molecular complexity index is 670. The highest BCUT2D eigenvalue weighted by Crippen LogP contribution is 2.35. The van der Waals surface area contributed by atoms with E-state index in [-0.39, 0.29) is 5.41 Å². The lowest BCUT2D eigenvalue weighted by atomic mass is 9.82. The predicted octanol–water partition coefficient (Wildman–Crippen LogP) is 4.20. The monoisotopic (exact) mass is 298 g/mol. The standard InChI is InChI=1S/C19H22O3/c1-12(2)13-7-6-8-14(9-13)22-18-11-17(21)16(20)10-15(18)19(3,4)5/h6-12H,1-5H3. The first kappa shape index (κ1) is 16.2. The van der Waals surface area contributed by atoms with Crippen molar-refractivity contribution in [1.29, 1.82) is 0 Å². The van der Waals surface area contributed by atoms with Gasteiger partial charge in [0.05, 0.1) is 0 Å². The van der Waals surface area contributed by atoms with Crippen LogP contribution in [-0.2, 0) is 9.59 Å². The summed E-state index contributed by atoms with van der Waals surface area (Å²) >= 11 is 0. The number of hydrogen-bond acceptors (Lipinski definition) is 3. The van der Waals surface area contributed by atoms with Gasteiger partial charge >= 0.3 is 0 Å². The Morgan fingerprint density at radius 2 is 1.64 bits per heavy atom. The summed E-state index contributed by atoms with van der Waals surface area (Å²) in [4.78, 5) is 23.4. The number of carbonyl (C=O) groups is 2. The van der Waals surface area contributed by atoms with Crippen molar-refractivity contribution in [3.8, 4) is 5.75 Å². The first-order valence-corrected chi connectivity index (χ1v) is 7.49. The Morgan fingerprint density at radius 3 is 2.23 bits per heavy atom. The normalized spacial score (nSPS) is 15.7. The number of carbonyl (C=O) groups excluding carboxylic acids is 2. The van der Waals surface area contributed by atoms with Crippen LogP contribution >= 0.6 is 0 Å². The second kappa shape index (κ2) is 5.91. The van der Waals surface area contributed by atoms with E-state index in [9.17, 15) is 9.59 Å². The molecule has 2 rings (SSSR count). The molecule has 22 heavy (non-hydrogen) atoms. The molecule has 0 radical (unpaired) electrons. The molecule has 0 bridgehead atoms. The summed E-state index contributed by atoms with van der Waals surface area (Å²) in [6.45, 7) is 10.2. The van der Waals surface area contributed by atoms with E-state index in [1.54, 1.807) is 0 Å². The summed E-state index contributed by atoms with van der Waals surface area (Å²) in [5.74, 6) is 0.494. The maximum atomic E-state index is 11.7. The summed E-state index contributed by atoms with van der Waals surface area (Å²) < 4.78 is 5.92. The molecule has 3 heteroatoms. The van der Waals surface area contributed by atoms with Crippen LogP contribution in [0.1, 0.15) is 46.1 Å². The Labute approximate surface area is 131 Å². The van der Waals surface area contributed by atoms with Crippen LogP contribution in [0.3, 0.4) is 0 Å². The zero-order valence-electron chi connectivity index (χ0n) is 13.8. The predicted molar refractivity (Wildman–Crippen MR) is 86.8 cm³/mol. The van der Waals surface area contributed by atoms with Gasteiger partial charge in [-0.25, -0.2) is 0 Å². The van der Waals surface area contributed by atoms with E-state index >= 15 is 0 Å². The zero-order valence-corrected chi connectivity index (χ0v) is 13.8. The summed E-state index contributed by atoms with van der Waals surface area (Å²) in [5.41, 5.74) is 1.63. The maximum absolute atomic E-state index is 11.7. The highest BCUT2D eigenvalue weighted by atomic mass is 16.5. The molecule has 1 aromatic carbocycles. The molecular weight excluding hydrogens is 276 g/mol. The van der Waals surface area contributed by atoms with Crippen LogP contribution in [0, 0.1) is 5.41 Å². The largest absolute Gasteiger partial charge is 0.457 e. The van der Waals surface area contributed by atoms with Crippen molar-refractivity contribution in [1.82, 2.24) is 0 Å². The second-order valence-corrected chi connectivity index (χ2v) is 6.87. The van der Waals surface area contributed by atoms with Crippen molar-refractivity contribution in [3.05, 3.63) is 53.3 Å².